The molecular formula is C39H29Cl2IN2O6. The van der Waals surface area contributed by atoms with Gasteiger partial charge in [-0.05, 0) is 107 Å². The van der Waals surface area contributed by atoms with E-state index in [-0.39, 0.29) is 36.2 Å². The normalized spacial score (nSPS) is 27.2. The molecule has 0 unspecified atom stereocenters. The van der Waals surface area contributed by atoms with Crippen molar-refractivity contribution >= 4 is 80.8 Å². The molecule has 4 aromatic carbocycles. The van der Waals surface area contributed by atoms with Crippen LogP contribution < -0.4 is 14.5 Å². The molecule has 0 radical (unpaired) electrons. The molecule has 6 atom stereocenters. The number of fused-ring (bicyclic) bond motifs is 4. The molecular weight excluding hydrogens is 790 g/mol. The van der Waals surface area contributed by atoms with Crippen molar-refractivity contribution in [2.24, 2.45) is 23.7 Å². The zero-order valence-electron chi connectivity index (χ0n) is 26.6. The van der Waals surface area contributed by atoms with Gasteiger partial charge in [-0.15, -0.1) is 0 Å². The van der Waals surface area contributed by atoms with Crippen LogP contribution in [0.5, 0.6) is 11.5 Å². The fourth-order valence-electron chi connectivity index (χ4n) is 8.88. The molecule has 8 nitrogen and oxygen atoms in total. The highest BCUT2D eigenvalue weighted by atomic mass is 127. The number of phenols is 1. The van der Waals surface area contributed by atoms with Gasteiger partial charge < -0.3 is 9.84 Å². The second-order valence-electron chi connectivity index (χ2n) is 13.1. The number of hydrogen-bond donors (Lipinski definition) is 1. The number of phenolic OH excluding ortho intramolecular Hbond substituents is 1. The molecule has 4 aliphatic rings. The number of halogens is 3. The monoisotopic (exact) mass is 818 g/mol. The number of aromatic hydroxyl groups is 1. The minimum Gasteiger partial charge on any atom is -0.504 e. The van der Waals surface area contributed by atoms with Crippen LogP contribution in [0, 0.1) is 27.2 Å². The van der Waals surface area contributed by atoms with Crippen molar-refractivity contribution in [3.05, 3.63) is 127 Å². The van der Waals surface area contributed by atoms with Crippen LogP contribution in [0.25, 0.3) is 0 Å². The lowest BCUT2D eigenvalue weighted by molar-refractivity contribution is -0.127. The summed E-state index contributed by atoms with van der Waals surface area (Å²) >= 11 is 14.6. The first-order valence-corrected chi connectivity index (χ1v) is 18.0. The molecule has 8 rings (SSSR count). The Morgan fingerprint density at radius 2 is 1.54 bits per heavy atom. The number of carbonyl (C=O) groups is 4. The quantitative estimate of drug-likeness (QED) is 0.126. The maximum atomic E-state index is 15.4. The number of hydrogen-bond acceptors (Lipinski definition) is 6. The van der Waals surface area contributed by atoms with Crippen LogP contribution in [0.15, 0.2) is 103 Å². The summed E-state index contributed by atoms with van der Waals surface area (Å²) in [5, 5.41) is 11.7. The summed E-state index contributed by atoms with van der Waals surface area (Å²) in [7, 11) is 1.46. The van der Waals surface area contributed by atoms with E-state index in [1.165, 1.54) is 16.9 Å². The second kappa shape index (κ2) is 12.2. The van der Waals surface area contributed by atoms with E-state index in [9.17, 15) is 19.5 Å². The average Bonchev–Trinajstić information content (AvgIpc) is 3.50. The molecule has 1 N–H and O–H groups in total. The maximum absolute atomic E-state index is 15.4. The van der Waals surface area contributed by atoms with Crippen molar-refractivity contribution < 1.29 is 29.0 Å². The Morgan fingerprint density at radius 3 is 2.24 bits per heavy atom. The first kappa shape index (κ1) is 33.0. The van der Waals surface area contributed by atoms with Gasteiger partial charge >= 0.3 is 0 Å². The highest BCUT2D eigenvalue weighted by Gasteiger charge is 2.70. The topological polar surface area (TPSA) is 104 Å². The lowest BCUT2D eigenvalue weighted by Crippen LogP contribution is -2.53. The number of allylic oxidation sites excluding steroid dienone is 2. The van der Waals surface area contributed by atoms with E-state index in [1.54, 1.807) is 54.6 Å². The van der Waals surface area contributed by atoms with Gasteiger partial charge in [0.1, 0.15) is 0 Å². The van der Waals surface area contributed by atoms with Crippen molar-refractivity contribution in [2.45, 2.75) is 24.2 Å². The molecule has 0 aromatic heterocycles. The van der Waals surface area contributed by atoms with Crippen LogP contribution in [0.2, 0.25) is 10.0 Å². The highest BCUT2D eigenvalue weighted by molar-refractivity contribution is 14.1. The van der Waals surface area contributed by atoms with Crippen molar-refractivity contribution in [3.8, 4) is 11.5 Å². The third kappa shape index (κ3) is 4.69. The molecule has 0 bridgehead atoms. The van der Waals surface area contributed by atoms with Gasteiger partial charge in [0, 0.05) is 16.0 Å². The number of benzene rings is 4. The largest absolute Gasteiger partial charge is 0.504 e. The summed E-state index contributed by atoms with van der Waals surface area (Å²) in [5.74, 6) is -4.89. The molecule has 2 aliphatic carbocycles. The Hall–Kier alpha value is -4.19. The Bertz CT molecular complexity index is 2140. The smallest absolute Gasteiger partial charge is 0.246 e. The maximum Gasteiger partial charge on any atom is 0.246 e. The lowest BCUT2D eigenvalue weighted by atomic mass is 9.49. The highest BCUT2D eigenvalue weighted by Crippen LogP contribution is 2.65. The molecule has 4 aromatic rings. The zero-order chi connectivity index (χ0) is 35.1. The number of nitrogens with zero attached hydrogens (tertiary/aromatic N) is 2. The number of imide groups is 2. The summed E-state index contributed by atoms with van der Waals surface area (Å²) in [4.78, 5) is 61.2. The molecule has 50 heavy (non-hydrogen) atoms. The Morgan fingerprint density at radius 1 is 0.800 bits per heavy atom. The molecule has 2 saturated heterocycles. The summed E-state index contributed by atoms with van der Waals surface area (Å²) in [6.07, 6.45) is 2.45. The molecule has 1 saturated carbocycles. The Balaban J connectivity index is 1.37. The van der Waals surface area contributed by atoms with Crippen LogP contribution in [-0.4, -0.2) is 35.8 Å². The van der Waals surface area contributed by atoms with Crippen molar-refractivity contribution in [1.82, 2.24) is 0 Å². The molecule has 252 valence electrons. The standard InChI is InChI=1S/C39H29Cl2IN2O6/c1-50-31-17-20(16-30(42)34(31)45)33-26-14-15-27-32(37(48)43(35(27)46)24-12-10-22(40)11-13-24)28(26)19-29-36(47)44(25-9-5-8-23(41)18-25)38(49)39(29,33)21-6-3-2-4-7-21/h2-14,16-18,27-29,32-33,45H,15,19H2,1H3/t27-,28+,29-,32-,33-,39+/m0/s1. The van der Waals surface area contributed by atoms with Crippen molar-refractivity contribution in [3.63, 3.8) is 0 Å². The minimum absolute atomic E-state index is 0.0447. The van der Waals surface area contributed by atoms with Crippen LogP contribution in [0.4, 0.5) is 11.4 Å². The first-order valence-electron chi connectivity index (χ1n) is 16.2. The third-order valence-electron chi connectivity index (χ3n) is 10.9. The fraction of sp³-hybridized carbons (Fsp3) is 0.231. The molecule has 0 spiro atoms. The van der Waals surface area contributed by atoms with Gasteiger partial charge in [-0.25, -0.2) is 4.90 Å². The first-order chi connectivity index (χ1) is 24.1. The second-order valence-corrected chi connectivity index (χ2v) is 15.2. The van der Waals surface area contributed by atoms with Crippen molar-refractivity contribution in [1.29, 1.82) is 0 Å². The van der Waals surface area contributed by atoms with Gasteiger partial charge in [0.05, 0.1) is 45.2 Å². The van der Waals surface area contributed by atoms with Crippen LogP contribution in [-0.2, 0) is 24.6 Å². The summed E-state index contributed by atoms with van der Waals surface area (Å²) in [6.45, 7) is 0. The van der Waals surface area contributed by atoms with E-state index in [0.717, 1.165) is 5.57 Å². The molecule has 2 aliphatic heterocycles. The number of methoxy groups -OCH3 is 1. The Labute approximate surface area is 311 Å². The number of anilines is 2. The molecule has 3 fully saturated rings. The third-order valence-corrected chi connectivity index (χ3v) is 12.2. The van der Waals surface area contributed by atoms with Crippen LogP contribution in [0.1, 0.15) is 29.9 Å². The van der Waals surface area contributed by atoms with Gasteiger partial charge in [0.15, 0.2) is 11.5 Å². The predicted octanol–water partition coefficient (Wildman–Crippen LogP) is 7.68. The van der Waals surface area contributed by atoms with Gasteiger partial charge in [-0.3, -0.25) is 24.1 Å². The van der Waals surface area contributed by atoms with Crippen LogP contribution in [0.3, 0.4) is 0 Å². The van der Waals surface area contributed by atoms with E-state index in [4.69, 9.17) is 27.9 Å². The Kier molecular flexibility index (Phi) is 8.08. The number of ether oxygens (including phenoxy) is 1. The lowest BCUT2D eigenvalue weighted by Gasteiger charge is -2.50. The van der Waals surface area contributed by atoms with Crippen LogP contribution >= 0.6 is 45.8 Å². The minimum atomic E-state index is -1.44. The fourth-order valence-corrected chi connectivity index (χ4v) is 9.82. The van der Waals surface area contributed by atoms with E-state index in [1.807, 2.05) is 65.1 Å². The van der Waals surface area contributed by atoms with E-state index >= 15 is 4.79 Å². The zero-order valence-corrected chi connectivity index (χ0v) is 30.2. The predicted molar refractivity (Wildman–Crippen MR) is 197 cm³/mol. The van der Waals surface area contributed by atoms with E-state index in [2.05, 4.69) is 0 Å². The summed E-state index contributed by atoms with van der Waals surface area (Å²) < 4.78 is 6.10. The molecule has 4 amide bonds. The SMILES string of the molecule is COc1cc([C@H]2C3=CC[C@@H]4C(=O)N(c5ccc(Cl)cc5)C(=O)[C@@H]4[C@@H]3C[C@H]3C(=O)N(c4cccc(Cl)c4)C(=O)[C@@]23c2ccccc2)cc(I)c1O. The van der Waals surface area contributed by atoms with Gasteiger partial charge in [-0.2, -0.15) is 0 Å². The molecule has 2 heterocycles. The summed E-state index contributed by atoms with van der Waals surface area (Å²) in [6, 6.07) is 26.1. The summed E-state index contributed by atoms with van der Waals surface area (Å²) in [5.41, 5.74) is 1.45. The number of amides is 4. The average molecular weight is 819 g/mol. The van der Waals surface area contributed by atoms with Crippen molar-refractivity contribution in [2.75, 3.05) is 16.9 Å². The van der Waals surface area contributed by atoms with Gasteiger partial charge in [0.2, 0.25) is 23.6 Å². The van der Waals surface area contributed by atoms with Gasteiger partial charge in [-0.1, -0.05) is 71.2 Å². The molecule has 11 heteroatoms. The van der Waals surface area contributed by atoms with E-state index < -0.39 is 46.8 Å². The number of carbonyl (C=O) groups excluding carboxylic acids is 4. The van der Waals surface area contributed by atoms with E-state index in [0.29, 0.717) is 36.1 Å². The van der Waals surface area contributed by atoms with Gasteiger partial charge in [0.25, 0.3) is 0 Å². The number of rotatable bonds is 5.